The lowest BCUT2D eigenvalue weighted by atomic mass is 10.2. The molecule has 0 spiro atoms. The molecule has 0 aliphatic carbocycles. The molecule has 3 heterocycles. The number of esters is 1. The van der Waals surface area contributed by atoms with Gasteiger partial charge in [-0.05, 0) is 24.3 Å². The molecule has 0 aliphatic rings. The zero-order valence-corrected chi connectivity index (χ0v) is 19.7. The van der Waals surface area contributed by atoms with E-state index in [0.29, 0.717) is 41.2 Å². The smallest absolute Gasteiger partial charge is 0.310 e. The SMILES string of the molecule is CCC(=O)Oc1cn(Cc2ccc(OC)cc2OC)c2nc(CC)n3c4ccccc4nc3c12. The molecule has 0 N–H and O–H groups in total. The minimum atomic E-state index is -0.310. The number of imidazole rings is 1. The number of ether oxygens (including phenoxy) is 3. The molecule has 0 atom stereocenters. The van der Waals surface area contributed by atoms with Gasteiger partial charge in [0.05, 0.1) is 31.8 Å². The molecule has 5 rings (SSSR count). The summed E-state index contributed by atoms with van der Waals surface area (Å²) in [5, 5.41) is 0.711. The van der Waals surface area contributed by atoms with Gasteiger partial charge in [0.25, 0.3) is 0 Å². The lowest BCUT2D eigenvalue weighted by Gasteiger charge is -2.12. The Bertz CT molecular complexity index is 1530. The van der Waals surface area contributed by atoms with Crippen LogP contribution in [0, 0.1) is 0 Å². The molecule has 2 aromatic carbocycles. The summed E-state index contributed by atoms with van der Waals surface area (Å²) in [6.07, 6.45) is 2.81. The number of rotatable bonds is 7. The van der Waals surface area contributed by atoms with Crippen molar-refractivity contribution < 1.29 is 19.0 Å². The quantitative estimate of drug-likeness (QED) is 0.327. The summed E-state index contributed by atoms with van der Waals surface area (Å²) in [6.45, 7) is 4.32. The van der Waals surface area contributed by atoms with Gasteiger partial charge in [-0.25, -0.2) is 9.97 Å². The van der Waals surface area contributed by atoms with Gasteiger partial charge in [-0.3, -0.25) is 9.20 Å². The van der Waals surface area contributed by atoms with Gasteiger partial charge in [0.2, 0.25) is 0 Å². The van der Waals surface area contributed by atoms with E-state index in [0.717, 1.165) is 28.1 Å². The fourth-order valence-electron chi connectivity index (χ4n) is 4.27. The van der Waals surface area contributed by atoms with E-state index in [2.05, 4.69) is 11.3 Å². The summed E-state index contributed by atoms with van der Waals surface area (Å²) in [5.74, 6) is 2.44. The van der Waals surface area contributed by atoms with E-state index >= 15 is 0 Å². The second kappa shape index (κ2) is 8.70. The van der Waals surface area contributed by atoms with Crippen molar-refractivity contribution in [2.24, 2.45) is 0 Å². The lowest BCUT2D eigenvalue weighted by molar-refractivity contribution is -0.133. The summed E-state index contributed by atoms with van der Waals surface area (Å²) in [4.78, 5) is 22.2. The van der Waals surface area contributed by atoms with Crippen LogP contribution < -0.4 is 14.2 Å². The van der Waals surface area contributed by atoms with Crippen LogP contribution in [-0.2, 0) is 17.8 Å². The maximum Gasteiger partial charge on any atom is 0.310 e. The van der Waals surface area contributed by atoms with Gasteiger partial charge in [0.15, 0.2) is 11.4 Å². The van der Waals surface area contributed by atoms with Crippen molar-refractivity contribution in [3.63, 3.8) is 0 Å². The van der Waals surface area contributed by atoms with E-state index < -0.39 is 0 Å². The second-order valence-corrected chi connectivity index (χ2v) is 7.97. The van der Waals surface area contributed by atoms with Crippen molar-refractivity contribution in [2.45, 2.75) is 33.2 Å². The van der Waals surface area contributed by atoms with Crippen molar-refractivity contribution in [1.29, 1.82) is 0 Å². The highest BCUT2D eigenvalue weighted by atomic mass is 16.5. The van der Waals surface area contributed by atoms with Crippen LogP contribution in [0.3, 0.4) is 0 Å². The molecule has 0 bridgehead atoms. The molecular formula is C26H26N4O4. The van der Waals surface area contributed by atoms with Gasteiger partial charge in [0, 0.05) is 30.7 Å². The Balaban J connectivity index is 1.78. The lowest BCUT2D eigenvalue weighted by Crippen LogP contribution is -2.06. The number of fused-ring (bicyclic) bond motifs is 5. The Morgan fingerprint density at radius 3 is 2.53 bits per heavy atom. The van der Waals surface area contributed by atoms with Gasteiger partial charge in [-0.2, -0.15) is 0 Å². The van der Waals surface area contributed by atoms with Crippen molar-refractivity contribution in [2.75, 3.05) is 14.2 Å². The fourth-order valence-corrected chi connectivity index (χ4v) is 4.27. The molecule has 0 saturated heterocycles. The third-order valence-corrected chi connectivity index (χ3v) is 5.96. The van der Waals surface area contributed by atoms with Gasteiger partial charge < -0.3 is 18.8 Å². The highest BCUT2D eigenvalue weighted by molar-refractivity contribution is 6.01. The number of methoxy groups -OCH3 is 2. The average Bonchev–Trinajstić information content (AvgIpc) is 3.41. The number of aryl methyl sites for hydroxylation is 1. The van der Waals surface area contributed by atoms with E-state index in [4.69, 9.17) is 24.2 Å². The third kappa shape index (κ3) is 3.51. The van der Waals surface area contributed by atoms with Crippen molar-refractivity contribution in [1.82, 2.24) is 18.9 Å². The Morgan fingerprint density at radius 1 is 0.971 bits per heavy atom. The number of aromatic nitrogens is 4. The molecule has 8 nitrogen and oxygen atoms in total. The van der Waals surface area contributed by atoms with E-state index in [1.54, 1.807) is 21.1 Å². The molecule has 174 valence electrons. The predicted octanol–water partition coefficient (Wildman–Crippen LogP) is 4.78. The Labute approximate surface area is 196 Å². The molecule has 0 unspecified atom stereocenters. The first-order valence-corrected chi connectivity index (χ1v) is 11.3. The molecule has 0 saturated carbocycles. The first-order chi connectivity index (χ1) is 16.6. The average molecular weight is 459 g/mol. The Kier molecular flexibility index (Phi) is 5.57. The van der Waals surface area contributed by atoms with Crippen molar-refractivity contribution in [3.8, 4) is 17.2 Å². The monoisotopic (exact) mass is 458 g/mol. The molecular weight excluding hydrogens is 432 g/mol. The van der Waals surface area contributed by atoms with E-state index in [1.165, 1.54) is 0 Å². The van der Waals surface area contributed by atoms with Gasteiger partial charge in [-0.1, -0.05) is 26.0 Å². The number of nitrogens with zero attached hydrogens (tertiary/aromatic N) is 4. The maximum absolute atomic E-state index is 12.3. The third-order valence-electron chi connectivity index (χ3n) is 5.96. The highest BCUT2D eigenvalue weighted by Gasteiger charge is 2.22. The minimum absolute atomic E-state index is 0.270. The summed E-state index contributed by atoms with van der Waals surface area (Å²) < 4.78 is 20.7. The van der Waals surface area contributed by atoms with Gasteiger partial charge in [-0.15, -0.1) is 0 Å². The molecule has 0 fully saturated rings. The number of hydrogen-bond acceptors (Lipinski definition) is 6. The zero-order chi connectivity index (χ0) is 23.8. The molecule has 5 aromatic rings. The van der Waals surface area contributed by atoms with Crippen LogP contribution in [0.4, 0.5) is 0 Å². The Morgan fingerprint density at radius 2 is 1.79 bits per heavy atom. The molecule has 0 radical (unpaired) electrons. The number of carbonyl (C=O) groups excluding carboxylic acids is 1. The van der Waals surface area contributed by atoms with Gasteiger partial charge in [0.1, 0.15) is 28.4 Å². The summed E-state index contributed by atoms with van der Waals surface area (Å²) in [7, 11) is 3.26. The van der Waals surface area contributed by atoms with Crippen LogP contribution in [0.2, 0.25) is 0 Å². The van der Waals surface area contributed by atoms with Crippen LogP contribution in [0.15, 0.2) is 48.7 Å². The molecule has 34 heavy (non-hydrogen) atoms. The van der Waals surface area contributed by atoms with Gasteiger partial charge >= 0.3 is 5.97 Å². The van der Waals surface area contributed by atoms with Crippen LogP contribution in [-0.4, -0.2) is 39.1 Å². The predicted molar refractivity (Wildman–Crippen MR) is 130 cm³/mol. The van der Waals surface area contributed by atoms with Crippen LogP contribution in [0.1, 0.15) is 31.7 Å². The van der Waals surface area contributed by atoms with E-state index in [9.17, 15) is 4.79 Å². The molecule has 0 amide bonds. The van der Waals surface area contributed by atoms with Crippen LogP contribution in [0.25, 0.3) is 27.7 Å². The molecule has 3 aromatic heterocycles. The standard InChI is InChI=1S/C26H26N4O4/c1-5-22-28-25-24(26-27-18-9-7-8-10-19(18)30(22)26)21(34-23(31)6-2)15-29(25)14-16-11-12-17(32-3)13-20(16)33-4/h7-13,15H,5-6,14H2,1-4H3. The summed E-state index contributed by atoms with van der Waals surface area (Å²) >= 11 is 0. The summed E-state index contributed by atoms with van der Waals surface area (Å²) in [6, 6.07) is 13.7. The Hall–Kier alpha value is -4.07. The van der Waals surface area contributed by atoms with Crippen molar-refractivity contribution >= 4 is 33.7 Å². The first kappa shape index (κ1) is 21.8. The number of para-hydroxylation sites is 2. The highest BCUT2D eigenvalue weighted by Crippen LogP contribution is 2.35. The van der Waals surface area contributed by atoms with Crippen LogP contribution in [0.5, 0.6) is 17.2 Å². The second-order valence-electron chi connectivity index (χ2n) is 7.97. The van der Waals surface area contributed by atoms with E-state index in [1.807, 2.05) is 53.2 Å². The minimum Gasteiger partial charge on any atom is -0.497 e. The molecule has 0 aliphatic heterocycles. The number of benzene rings is 2. The number of hydrogen-bond donors (Lipinski definition) is 0. The topological polar surface area (TPSA) is 79.9 Å². The number of carbonyl (C=O) groups is 1. The summed E-state index contributed by atoms with van der Waals surface area (Å²) in [5.41, 5.74) is 4.21. The normalized spacial score (nSPS) is 11.4. The van der Waals surface area contributed by atoms with Crippen LogP contribution >= 0.6 is 0 Å². The fraction of sp³-hybridized carbons (Fsp3) is 0.269. The molecule has 8 heteroatoms. The zero-order valence-electron chi connectivity index (χ0n) is 19.7. The van der Waals surface area contributed by atoms with Crippen molar-refractivity contribution in [3.05, 3.63) is 60.0 Å². The van der Waals surface area contributed by atoms with E-state index in [-0.39, 0.29) is 12.4 Å². The largest absolute Gasteiger partial charge is 0.497 e. The first-order valence-electron chi connectivity index (χ1n) is 11.3. The maximum atomic E-state index is 12.3.